The highest BCUT2D eigenvalue weighted by Gasteiger charge is 2.30. The van der Waals surface area contributed by atoms with E-state index < -0.39 is 11.7 Å². The number of benzene rings is 1. The normalized spacial score (nSPS) is 12.1. The number of furan rings is 1. The van der Waals surface area contributed by atoms with Crippen molar-refractivity contribution >= 4 is 5.96 Å². The molecule has 2 rings (SSSR count). The van der Waals surface area contributed by atoms with Crippen LogP contribution in [-0.2, 0) is 12.6 Å². The molecule has 1 aromatic carbocycles. The van der Waals surface area contributed by atoms with E-state index in [0.717, 1.165) is 17.9 Å². The molecule has 1 heterocycles. The summed E-state index contributed by atoms with van der Waals surface area (Å²) in [7, 11) is 1.63. The average molecular weight is 355 g/mol. The second-order valence-electron chi connectivity index (χ2n) is 5.13. The highest BCUT2D eigenvalue weighted by atomic mass is 19.4. The molecule has 0 aliphatic heterocycles. The van der Waals surface area contributed by atoms with Gasteiger partial charge in [-0.3, -0.25) is 4.99 Å². The first-order chi connectivity index (χ1) is 12.0. The Balaban J connectivity index is 1.69. The van der Waals surface area contributed by atoms with E-state index in [-0.39, 0.29) is 12.4 Å². The smallest absolute Gasteiger partial charge is 0.416 e. The van der Waals surface area contributed by atoms with Gasteiger partial charge in [0.2, 0.25) is 0 Å². The quantitative estimate of drug-likeness (QED) is 0.455. The van der Waals surface area contributed by atoms with E-state index in [2.05, 4.69) is 15.6 Å². The summed E-state index contributed by atoms with van der Waals surface area (Å²) >= 11 is 0. The lowest BCUT2D eigenvalue weighted by Gasteiger charge is -2.13. The van der Waals surface area contributed by atoms with Crippen molar-refractivity contribution in [3.05, 3.63) is 54.0 Å². The van der Waals surface area contributed by atoms with Gasteiger partial charge in [0.15, 0.2) is 5.96 Å². The van der Waals surface area contributed by atoms with Crippen LogP contribution >= 0.6 is 0 Å². The maximum atomic E-state index is 12.6. The van der Waals surface area contributed by atoms with Crippen molar-refractivity contribution in [2.75, 3.05) is 26.7 Å². The summed E-state index contributed by atoms with van der Waals surface area (Å²) in [5.74, 6) is 1.63. The Bertz CT molecular complexity index is 670. The van der Waals surface area contributed by atoms with Crippen LogP contribution < -0.4 is 15.4 Å². The van der Waals surface area contributed by atoms with Crippen LogP contribution in [0.2, 0.25) is 0 Å². The molecule has 2 aromatic rings. The molecule has 1 aromatic heterocycles. The SMILES string of the molecule is CN=C(NCCOc1cccc(C(F)(F)F)c1)NCCc1ccco1. The molecule has 0 amide bonds. The molecule has 0 spiro atoms. The summed E-state index contributed by atoms with van der Waals surface area (Å²) in [6.45, 7) is 1.25. The molecule has 2 N–H and O–H groups in total. The van der Waals surface area contributed by atoms with E-state index in [1.807, 2.05) is 12.1 Å². The Kier molecular flexibility index (Phi) is 6.73. The van der Waals surface area contributed by atoms with Crippen molar-refractivity contribution in [1.29, 1.82) is 0 Å². The van der Waals surface area contributed by atoms with Crippen LogP contribution in [0, 0.1) is 0 Å². The van der Waals surface area contributed by atoms with Gasteiger partial charge in [-0.1, -0.05) is 6.07 Å². The molecule has 0 saturated carbocycles. The van der Waals surface area contributed by atoms with Gasteiger partial charge < -0.3 is 19.8 Å². The first-order valence-electron chi connectivity index (χ1n) is 7.76. The fraction of sp³-hybridized carbons (Fsp3) is 0.353. The van der Waals surface area contributed by atoms with Gasteiger partial charge in [0, 0.05) is 20.0 Å². The Morgan fingerprint density at radius 2 is 1.96 bits per heavy atom. The summed E-state index contributed by atoms with van der Waals surface area (Å²) in [5.41, 5.74) is -0.728. The Morgan fingerprint density at radius 1 is 1.16 bits per heavy atom. The van der Waals surface area contributed by atoms with Gasteiger partial charge in [-0.15, -0.1) is 0 Å². The van der Waals surface area contributed by atoms with Gasteiger partial charge >= 0.3 is 6.18 Å². The van der Waals surface area contributed by atoms with Crippen LogP contribution in [0.1, 0.15) is 11.3 Å². The van der Waals surface area contributed by atoms with Crippen molar-refractivity contribution in [2.45, 2.75) is 12.6 Å². The third kappa shape index (κ3) is 6.40. The van der Waals surface area contributed by atoms with E-state index in [1.54, 1.807) is 13.3 Å². The number of halogens is 3. The summed E-state index contributed by atoms with van der Waals surface area (Å²) in [6.07, 6.45) is -2.04. The van der Waals surface area contributed by atoms with E-state index in [1.165, 1.54) is 12.1 Å². The lowest BCUT2D eigenvalue weighted by atomic mass is 10.2. The van der Waals surface area contributed by atoms with Crippen molar-refractivity contribution in [3.8, 4) is 5.75 Å². The monoisotopic (exact) mass is 355 g/mol. The number of nitrogens with one attached hydrogen (secondary N) is 2. The Labute approximate surface area is 143 Å². The van der Waals surface area contributed by atoms with E-state index >= 15 is 0 Å². The maximum Gasteiger partial charge on any atom is 0.416 e. The third-order valence-electron chi connectivity index (χ3n) is 3.29. The molecule has 5 nitrogen and oxygen atoms in total. The highest BCUT2D eigenvalue weighted by Crippen LogP contribution is 2.31. The van der Waals surface area contributed by atoms with Gasteiger partial charge in [-0.2, -0.15) is 13.2 Å². The van der Waals surface area contributed by atoms with E-state index in [0.29, 0.717) is 25.5 Å². The molecule has 0 atom stereocenters. The second kappa shape index (κ2) is 9.00. The molecule has 0 aliphatic rings. The number of guanidine groups is 1. The molecule has 8 heteroatoms. The molecule has 0 unspecified atom stereocenters. The van der Waals surface area contributed by atoms with Crippen LogP contribution in [0.15, 0.2) is 52.1 Å². The molecule has 0 radical (unpaired) electrons. The van der Waals surface area contributed by atoms with E-state index in [9.17, 15) is 13.2 Å². The number of aliphatic imine (C=N–C) groups is 1. The first kappa shape index (κ1) is 18.7. The van der Waals surface area contributed by atoms with Gasteiger partial charge in [0.25, 0.3) is 0 Å². The van der Waals surface area contributed by atoms with Crippen molar-refractivity contribution < 1.29 is 22.3 Å². The first-order valence-corrected chi connectivity index (χ1v) is 7.76. The predicted octanol–water partition coefficient (Wildman–Crippen LogP) is 3.08. The van der Waals surface area contributed by atoms with Crippen molar-refractivity contribution in [2.24, 2.45) is 4.99 Å². The zero-order chi connectivity index (χ0) is 18.1. The van der Waals surface area contributed by atoms with Gasteiger partial charge in [-0.05, 0) is 30.3 Å². The number of hydrogen-bond donors (Lipinski definition) is 2. The van der Waals surface area contributed by atoms with E-state index in [4.69, 9.17) is 9.15 Å². The molecule has 0 saturated heterocycles. The maximum absolute atomic E-state index is 12.6. The predicted molar refractivity (Wildman–Crippen MR) is 88.7 cm³/mol. The standard InChI is InChI=1S/C17H20F3N3O2/c1-21-16(22-8-7-14-6-3-10-24-14)23-9-11-25-15-5-2-4-13(12-15)17(18,19)20/h2-6,10,12H,7-9,11H2,1H3,(H2,21,22,23). The zero-order valence-corrected chi connectivity index (χ0v) is 13.8. The average Bonchev–Trinajstić information content (AvgIpc) is 3.10. The number of hydrogen-bond acceptors (Lipinski definition) is 3. The number of alkyl halides is 3. The number of rotatable bonds is 7. The number of nitrogens with zero attached hydrogens (tertiary/aromatic N) is 1. The fourth-order valence-corrected chi connectivity index (χ4v) is 2.08. The van der Waals surface area contributed by atoms with Crippen LogP contribution in [-0.4, -0.2) is 32.7 Å². The number of ether oxygens (including phenoxy) is 1. The minimum absolute atomic E-state index is 0.178. The molecule has 25 heavy (non-hydrogen) atoms. The molecular formula is C17H20F3N3O2. The third-order valence-corrected chi connectivity index (χ3v) is 3.29. The Hall–Kier alpha value is -2.64. The topological polar surface area (TPSA) is 58.8 Å². The summed E-state index contributed by atoms with van der Waals surface area (Å²) in [5, 5.41) is 6.14. The van der Waals surface area contributed by atoms with Crippen LogP contribution in [0.4, 0.5) is 13.2 Å². The minimum atomic E-state index is -4.38. The second-order valence-corrected chi connectivity index (χ2v) is 5.13. The van der Waals surface area contributed by atoms with Crippen LogP contribution in [0.25, 0.3) is 0 Å². The van der Waals surface area contributed by atoms with Crippen LogP contribution in [0.3, 0.4) is 0 Å². The highest BCUT2D eigenvalue weighted by molar-refractivity contribution is 5.79. The molecule has 0 bridgehead atoms. The molecule has 0 fully saturated rings. The molecular weight excluding hydrogens is 335 g/mol. The lowest BCUT2D eigenvalue weighted by Crippen LogP contribution is -2.40. The van der Waals surface area contributed by atoms with Crippen molar-refractivity contribution in [1.82, 2.24) is 10.6 Å². The largest absolute Gasteiger partial charge is 0.492 e. The summed E-state index contributed by atoms with van der Waals surface area (Å²) in [4.78, 5) is 4.06. The zero-order valence-electron chi connectivity index (χ0n) is 13.8. The van der Waals surface area contributed by atoms with Crippen molar-refractivity contribution in [3.63, 3.8) is 0 Å². The minimum Gasteiger partial charge on any atom is -0.492 e. The summed E-state index contributed by atoms with van der Waals surface area (Å²) in [6, 6.07) is 8.52. The van der Waals surface area contributed by atoms with Gasteiger partial charge in [-0.25, -0.2) is 0 Å². The van der Waals surface area contributed by atoms with Gasteiger partial charge in [0.1, 0.15) is 18.1 Å². The molecule has 0 aliphatic carbocycles. The summed E-state index contributed by atoms with van der Waals surface area (Å²) < 4.78 is 48.5. The Morgan fingerprint density at radius 3 is 2.64 bits per heavy atom. The lowest BCUT2D eigenvalue weighted by molar-refractivity contribution is -0.137. The van der Waals surface area contributed by atoms with Crippen LogP contribution in [0.5, 0.6) is 5.75 Å². The molecule has 136 valence electrons. The fourth-order valence-electron chi connectivity index (χ4n) is 2.08. The van der Waals surface area contributed by atoms with Gasteiger partial charge in [0.05, 0.1) is 18.4 Å².